The fraction of sp³-hybridized carbons (Fsp3) is 0.500. The van der Waals surface area contributed by atoms with Crippen molar-refractivity contribution in [2.45, 2.75) is 69.5 Å². The Morgan fingerprint density at radius 2 is 1.69 bits per heavy atom. The largest absolute Gasteiger partial charge is 0.493 e. The molecule has 9 heteroatoms. The number of amides is 1. The molecule has 1 amide bonds. The zero-order valence-corrected chi connectivity index (χ0v) is 22.2. The van der Waals surface area contributed by atoms with Crippen LogP contribution in [0.4, 0.5) is 5.69 Å². The Bertz CT molecular complexity index is 1130. The van der Waals surface area contributed by atoms with Crippen molar-refractivity contribution in [1.82, 2.24) is 9.62 Å². The molecule has 1 heterocycles. The van der Waals surface area contributed by atoms with Crippen LogP contribution < -0.4 is 20.1 Å². The zero-order chi connectivity index (χ0) is 25.8. The first-order valence-electron chi connectivity index (χ1n) is 11.9. The number of benzene rings is 2. The number of methoxy groups -OCH3 is 2. The molecule has 8 nitrogen and oxygen atoms in total. The van der Waals surface area contributed by atoms with Gasteiger partial charge in [-0.2, -0.15) is 4.31 Å². The Morgan fingerprint density at radius 3 is 2.26 bits per heavy atom. The highest BCUT2D eigenvalue weighted by atomic mass is 32.2. The maximum absolute atomic E-state index is 13.2. The second-order valence-electron chi connectivity index (χ2n) is 9.92. The molecule has 0 radical (unpaired) electrons. The fourth-order valence-corrected chi connectivity index (χ4v) is 5.93. The summed E-state index contributed by atoms with van der Waals surface area (Å²) in [5.74, 6) is 0.855. The number of carbonyl (C=O) groups excluding carboxylic acids is 1. The van der Waals surface area contributed by atoms with E-state index in [1.54, 1.807) is 61.0 Å². The molecule has 0 spiro atoms. The number of anilines is 1. The number of carbonyl (C=O) groups is 1. The normalized spacial score (nSPS) is 17.9. The second-order valence-corrected chi connectivity index (χ2v) is 11.8. The molecule has 0 aromatic heterocycles. The molecule has 35 heavy (non-hydrogen) atoms. The van der Waals surface area contributed by atoms with Crippen LogP contribution >= 0.6 is 0 Å². The molecule has 192 valence electrons. The van der Waals surface area contributed by atoms with Gasteiger partial charge in [0, 0.05) is 23.8 Å². The van der Waals surface area contributed by atoms with E-state index in [1.165, 1.54) is 0 Å². The fourth-order valence-electron chi connectivity index (χ4n) is 4.23. The van der Waals surface area contributed by atoms with Gasteiger partial charge in [-0.25, -0.2) is 8.42 Å². The standard InChI is InChI=1S/C26H37N3O5S/c1-18-9-7-8-16-29(18)35(31,32)21-13-11-20(12-14-21)27-24(25(30)28-26(2,3)4)19-10-15-22(33-5)23(17-19)34-6/h10-15,17-18,24,27H,7-9,16H2,1-6H3,(H,28,30)/t18-,24-/m0/s1. The monoisotopic (exact) mass is 503 g/mol. The second kappa shape index (κ2) is 10.9. The van der Waals surface area contributed by atoms with E-state index >= 15 is 0 Å². The highest BCUT2D eigenvalue weighted by molar-refractivity contribution is 7.89. The van der Waals surface area contributed by atoms with Crippen molar-refractivity contribution in [3.8, 4) is 11.5 Å². The summed E-state index contributed by atoms with van der Waals surface area (Å²) in [5, 5.41) is 6.27. The third-order valence-corrected chi connectivity index (χ3v) is 8.04. The lowest BCUT2D eigenvalue weighted by atomic mass is 10.0. The Labute approximate surface area is 209 Å². The first-order chi connectivity index (χ1) is 16.5. The van der Waals surface area contributed by atoms with E-state index in [-0.39, 0.29) is 16.8 Å². The van der Waals surface area contributed by atoms with Gasteiger partial charge in [-0.15, -0.1) is 0 Å². The van der Waals surface area contributed by atoms with Crippen molar-refractivity contribution in [1.29, 1.82) is 0 Å². The Morgan fingerprint density at radius 1 is 1.03 bits per heavy atom. The lowest BCUT2D eigenvalue weighted by molar-refractivity contribution is -0.123. The molecular formula is C26H37N3O5S. The molecular weight excluding hydrogens is 466 g/mol. The van der Waals surface area contributed by atoms with Gasteiger partial charge in [0.2, 0.25) is 15.9 Å². The molecule has 1 saturated heterocycles. The van der Waals surface area contributed by atoms with E-state index in [2.05, 4.69) is 10.6 Å². The Hall–Kier alpha value is -2.78. The summed E-state index contributed by atoms with van der Waals surface area (Å²) in [6, 6.07) is 11.1. The van der Waals surface area contributed by atoms with Crippen LogP contribution in [0.2, 0.25) is 0 Å². The number of nitrogens with zero attached hydrogens (tertiary/aromatic N) is 1. The lowest BCUT2D eigenvalue weighted by Gasteiger charge is -2.32. The topological polar surface area (TPSA) is 97.0 Å². The summed E-state index contributed by atoms with van der Waals surface area (Å²) in [6.45, 7) is 8.24. The summed E-state index contributed by atoms with van der Waals surface area (Å²) >= 11 is 0. The first kappa shape index (κ1) is 26.8. The molecule has 2 aromatic carbocycles. The van der Waals surface area contributed by atoms with Crippen LogP contribution in [0.5, 0.6) is 11.5 Å². The van der Waals surface area contributed by atoms with Gasteiger partial charge in [0.05, 0.1) is 19.1 Å². The van der Waals surface area contributed by atoms with Crippen molar-refractivity contribution in [3.63, 3.8) is 0 Å². The van der Waals surface area contributed by atoms with Gasteiger partial charge in [-0.05, 0) is 82.5 Å². The van der Waals surface area contributed by atoms with Gasteiger partial charge >= 0.3 is 0 Å². The predicted octanol–water partition coefficient (Wildman–Crippen LogP) is 4.33. The average molecular weight is 504 g/mol. The number of sulfonamides is 1. The van der Waals surface area contributed by atoms with Gasteiger partial charge in [0.15, 0.2) is 11.5 Å². The van der Waals surface area contributed by atoms with Crippen LogP contribution in [0.1, 0.15) is 58.6 Å². The van der Waals surface area contributed by atoms with Crippen LogP contribution in [0.15, 0.2) is 47.4 Å². The number of piperidine rings is 1. The van der Waals surface area contributed by atoms with Crippen LogP contribution in [0.3, 0.4) is 0 Å². The molecule has 2 N–H and O–H groups in total. The molecule has 0 bridgehead atoms. The minimum Gasteiger partial charge on any atom is -0.493 e. The van der Waals surface area contributed by atoms with Crippen molar-refractivity contribution >= 4 is 21.6 Å². The molecule has 2 aromatic rings. The zero-order valence-electron chi connectivity index (χ0n) is 21.4. The highest BCUT2D eigenvalue weighted by Gasteiger charge is 2.31. The smallest absolute Gasteiger partial charge is 0.247 e. The molecule has 0 saturated carbocycles. The molecule has 1 fully saturated rings. The molecule has 3 rings (SSSR count). The van der Waals surface area contributed by atoms with E-state index in [9.17, 15) is 13.2 Å². The van der Waals surface area contributed by atoms with E-state index in [0.29, 0.717) is 29.3 Å². The molecule has 1 aliphatic heterocycles. The maximum atomic E-state index is 13.2. The van der Waals surface area contributed by atoms with Crippen LogP contribution in [0, 0.1) is 0 Å². The number of rotatable bonds is 8. The van der Waals surface area contributed by atoms with Crippen LogP contribution in [-0.4, -0.2) is 51.0 Å². The summed E-state index contributed by atoms with van der Waals surface area (Å²) in [7, 11) is -0.471. The molecule has 0 aliphatic carbocycles. The van der Waals surface area contributed by atoms with Crippen molar-refractivity contribution < 1.29 is 22.7 Å². The van der Waals surface area contributed by atoms with E-state index < -0.39 is 21.6 Å². The predicted molar refractivity (Wildman–Crippen MR) is 137 cm³/mol. The Kier molecular flexibility index (Phi) is 8.33. The number of nitrogens with one attached hydrogen (secondary N) is 2. The summed E-state index contributed by atoms with van der Waals surface area (Å²) in [5.41, 5.74) is 0.874. The van der Waals surface area contributed by atoms with Gasteiger partial charge in [0.1, 0.15) is 6.04 Å². The maximum Gasteiger partial charge on any atom is 0.247 e. The number of hydrogen-bond donors (Lipinski definition) is 2. The van der Waals surface area contributed by atoms with E-state index in [4.69, 9.17) is 9.47 Å². The lowest BCUT2D eigenvalue weighted by Crippen LogP contribution is -2.44. The van der Waals surface area contributed by atoms with Crippen molar-refractivity contribution in [2.24, 2.45) is 0 Å². The van der Waals surface area contributed by atoms with Crippen LogP contribution in [-0.2, 0) is 14.8 Å². The molecule has 1 aliphatic rings. The quantitative estimate of drug-likeness (QED) is 0.556. The SMILES string of the molecule is COc1ccc([C@H](Nc2ccc(S(=O)(=O)N3CCCC[C@@H]3C)cc2)C(=O)NC(C)(C)C)cc1OC. The minimum atomic E-state index is -3.57. The minimum absolute atomic E-state index is 0.0120. The van der Waals surface area contributed by atoms with E-state index in [1.807, 2.05) is 27.7 Å². The van der Waals surface area contributed by atoms with E-state index in [0.717, 1.165) is 19.3 Å². The average Bonchev–Trinajstić information content (AvgIpc) is 2.81. The third kappa shape index (κ3) is 6.46. The number of ether oxygens (including phenoxy) is 2. The summed E-state index contributed by atoms with van der Waals surface area (Å²) in [6.07, 6.45) is 2.79. The first-order valence-corrected chi connectivity index (χ1v) is 13.3. The van der Waals surface area contributed by atoms with Crippen molar-refractivity contribution in [2.75, 3.05) is 26.1 Å². The number of hydrogen-bond acceptors (Lipinski definition) is 6. The summed E-state index contributed by atoms with van der Waals surface area (Å²) < 4.78 is 38.7. The van der Waals surface area contributed by atoms with Gasteiger partial charge in [-0.3, -0.25) is 4.79 Å². The molecule has 2 atom stereocenters. The van der Waals surface area contributed by atoms with Gasteiger partial charge in [-0.1, -0.05) is 12.5 Å². The van der Waals surface area contributed by atoms with Crippen molar-refractivity contribution in [3.05, 3.63) is 48.0 Å². The summed E-state index contributed by atoms with van der Waals surface area (Å²) in [4.78, 5) is 13.5. The highest BCUT2D eigenvalue weighted by Crippen LogP contribution is 2.32. The van der Waals surface area contributed by atoms with Gasteiger partial charge < -0.3 is 20.1 Å². The molecule has 0 unspecified atom stereocenters. The van der Waals surface area contributed by atoms with Crippen LogP contribution in [0.25, 0.3) is 0 Å². The van der Waals surface area contributed by atoms with Gasteiger partial charge in [0.25, 0.3) is 0 Å². The third-order valence-electron chi connectivity index (χ3n) is 6.02. The Balaban J connectivity index is 1.89.